The Balaban J connectivity index is 2.69. The fourth-order valence-corrected chi connectivity index (χ4v) is 3.19. The maximum absolute atomic E-state index is 12.8. The minimum Gasteiger partial charge on any atom is -0.352 e. The van der Waals surface area contributed by atoms with Gasteiger partial charge in [0.1, 0.15) is 0 Å². The molecule has 1 saturated heterocycles. The van der Waals surface area contributed by atoms with Crippen molar-refractivity contribution in [3.8, 4) is 0 Å². The first kappa shape index (κ1) is 21.3. The zero-order chi connectivity index (χ0) is 19.0. The van der Waals surface area contributed by atoms with Crippen molar-refractivity contribution in [2.45, 2.75) is 53.5 Å². The molecule has 1 N–H and O–H groups in total. The average molecular weight is 354 g/mol. The van der Waals surface area contributed by atoms with E-state index in [9.17, 15) is 14.4 Å². The summed E-state index contributed by atoms with van der Waals surface area (Å²) in [5, 5.41) is 2.82. The lowest BCUT2D eigenvalue weighted by Crippen LogP contribution is -2.52. The first-order valence-electron chi connectivity index (χ1n) is 9.45. The van der Waals surface area contributed by atoms with Crippen LogP contribution in [0.4, 0.5) is 4.79 Å². The summed E-state index contributed by atoms with van der Waals surface area (Å²) >= 11 is 0. The second-order valence-corrected chi connectivity index (χ2v) is 6.81. The SMILES string of the molecule is CCN(CC(=O)NC(C)C)C(=O)[C@@H]1CCCN(C(=O)N(CC)CC)C1. The molecule has 1 rings (SSSR count). The molecule has 0 aromatic carbocycles. The minimum atomic E-state index is -0.222. The van der Waals surface area contributed by atoms with Gasteiger partial charge in [-0.05, 0) is 47.5 Å². The largest absolute Gasteiger partial charge is 0.352 e. The highest BCUT2D eigenvalue weighted by Gasteiger charge is 2.32. The van der Waals surface area contributed by atoms with Gasteiger partial charge in [0, 0.05) is 38.8 Å². The third-order valence-corrected chi connectivity index (χ3v) is 4.55. The highest BCUT2D eigenvalue weighted by atomic mass is 16.2. The molecule has 1 fully saturated rings. The number of carbonyl (C=O) groups is 3. The van der Waals surface area contributed by atoms with Crippen molar-refractivity contribution in [2.75, 3.05) is 39.3 Å². The summed E-state index contributed by atoms with van der Waals surface area (Å²) in [5.41, 5.74) is 0. The van der Waals surface area contributed by atoms with Crippen LogP contribution in [0.25, 0.3) is 0 Å². The Morgan fingerprint density at radius 2 is 1.68 bits per heavy atom. The summed E-state index contributed by atoms with van der Waals surface area (Å²) in [5.74, 6) is -0.393. The number of nitrogens with zero attached hydrogens (tertiary/aromatic N) is 3. The lowest BCUT2D eigenvalue weighted by molar-refractivity contribution is -0.140. The number of carbonyl (C=O) groups excluding carboxylic acids is 3. The molecule has 0 unspecified atom stereocenters. The van der Waals surface area contributed by atoms with Crippen molar-refractivity contribution in [3.05, 3.63) is 0 Å². The van der Waals surface area contributed by atoms with Crippen LogP contribution in [0.5, 0.6) is 0 Å². The minimum absolute atomic E-state index is 0.00287. The molecule has 0 radical (unpaired) electrons. The van der Waals surface area contributed by atoms with Crippen LogP contribution in [-0.4, -0.2) is 77.9 Å². The Kier molecular flexibility index (Phi) is 8.72. The van der Waals surface area contributed by atoms with Crippen molar-refractivity contribution in [3.63, 3.8) is 0 Å². The van der Waals surface area contributed by atoms with E-state index in [1.165, 1.54) is 0 Å². The summed E-state index contributed by atoms with van der Waals surface area (Å²) < 4.78 is 0. The molecule has 4 amide bonds. The summed E-state index contributed by atoms with van der Waals surface area (Å²) in [7, 11) is 0. The summed E-state index contributed by atoms with van der Waals surface area (Å²) in [6, 6.07) is 0.0567. The summed E-state index contributed by atoms with van der Waals surface area (Å²) in [6.07, 6.45) is 1.59. The van der Waals surface area contributed by atoms with Crippen molar-refractivity contribution < 1.29 is 14.4 Å². The van der Waals surface area contributed by atoms with Crippen LogP contribution in [-0.2, 0) is 9.59 Å². The van der Waals surface area contributed by atoms with E-state index >= 15 is 0 Å². The van der Waals surface area contributed by atoms with E-state index in [4.69, 9.17) is 0 Å². The summed E-state index contributed by atoms with van der Waals surface area (Å²) in [6.45, 7) is 12.6. The zero-order valence-corrected chi connectivity index (χ0v) is 16.4. The number of piperidine rings is 1. The number of nitrogens with one attached hydrogen (secondary N) is 1. The molecule has 0 aliphatic carbocycles. The van der Waals surface area contributed by atoms with Crippen LogP contribution in [0.1, 0.15) is 47.5 Å². The lowest BCUT2D eigenvalue weighted by atomic mass is 9.96. The standard InChI is InChI=1S/C18H34N4O3/c1-6-20(7-2)18(25)22-11-9-10-15(12-22)17(24)21(8-3)13-16(23)19-14(4)5/h14-15H,6-13H2,1-5H3,(H,19,23)/t15-/m1/s1. The number of hydrogen-bond acceptors (Lipinski definition) is 3. The topological polar surface area (TPSA) is 73.0 Å². The van der Waals surface area contributed by atoms with Crippen LogP contribution in [0.2, 0.25) is 0 Å². The van der Waals surface area contributed by atoms with Crippen molar-refractivity contribution in [2.24, 2.45) is 5.92 Å². The molecule has 0 aromatic rings. The van der Waals surface area contributed by atoms with Crippen LogP contribution in [0, 0.1) is 5.92 Å². The van der Waals surface area contributed by atoms with E-state index in [-0.39, 0.29) is 36.3 Å². The van der Waals surface area contributed by atoms with Crippen LogP contribution in [0.15, 0.2) is 0 Å². The zero-order valence-electron chi connectivity index (χ0n) is 16.4. The van der Waals surface area contributed by atoms with Gasteiger partial charge in [-0.3, -0.25) is 9.59 Å². The lowest BCUT2D eigenvalue weighted by Gasteiger charge is -2.37. The number of rotatable bonds is 7. The fraction of sp³-hybridized carbons (Fsp3) is 0.833. The van der Waals surface area contributed by atoms with E-state index < -0.39 is 0 Å². The van der Waals surface area contributed by atoms with Gasteiger partial charge in [-0.15, -0.1) is 0 Å². The van der Waals surface area contributed by atoms with Crippen LogP contribution < -0.4 is 5.32 Å². The van der Waals surface area contributed by atoms with Crippen molar-refractivity contribution >= 4 is 17.8 Å². The monoisotopic (exact) mass is 354 g/mol. The molecule has 25 heavy (non-hydrogen) atoms. The predicted molar refractivity (Wildman–Crippen MR) is 98.1 cm³/mol. The number of likely N-dealkylation sites (tertiary alicyclic amines) is 1. The fourth-order valence-electron chi connectivity index (χ4n) is 3.19. The Labute approximate surface area is 151 Å². The van der Waals surface area contributed by atoms with Gasteiger partial charge < -0.3 is 20.0 Å². The van der Waals surface area contributed by atoms with E-state index in [2.05, 4.69) is 5.32 Å². The van der Waals surface area contributed by atoms with Gasteiger partial charge in [0.2, 0.25) is 11.8 Å². The molecular formula is C18H34N4O3. The van der Waals surface area contributed by atoms with Gasteiger partial charge >= 0.3 is 6.03 Å². The first-order chi connectivity index (χ1) is 11.8. The summed E-state index contributed by atoms with van der Waals surface area (Å²) in [4.78, 5) is 42.5. The molecule has 0 spiro atoms. The van der Waals surface area contributed by atoms with Crippen molar-refractivity contribution in [1.29, 1.82) is 0 Å². The molecule has 0 bridgehead atoms. The Bertz CT molecular complexity index is 463. The molecule has 0 aromatic heterocycles. The molecule has 1 atom stereocenters. The van der Waals surface area contributed by atoms with Crippen LogP contribution in [0.3, 0.4) is 0 Å². The molecule has 0 saturated carbocycles. The molecule has 7 heteroatoms. The number of urea groups is 1. The normalized spacial score (nSPS) is 17.4. The predicted octanol–water partition coefficient (Wildman–Crippen LogP) is 1.53. The number of hydrogen-bond donors (Lipinski definition) is 1. The molecule has 7 nitrogen and oxygen atoms in total. The maximum Gasteiger partial charge on any atom is 0.320 e. The quantitative estimate of drug-likeness (QED) is 0.754. The molecular weight excluding hydrogens is 320 g/mol. The Morgan fingerprint density at radius 1 is 1.08 bits per heavy atom. The maximum atomic E-state index is 12.8. The van der Waals surface area contributed by atoms with Gasteiger partial charge in [0.15, 0.2) is 0 Å². The second kappa shape index (κ2) is 10.3. The van der Waals surface area contributed by atoms with Gasteiger partial charge in [-0.1, -0.05) is 0 Å². The van der Waals surface area contributed by atoms with E-state index in [1.54, 1.807) is 14.7 Å². The molecule has 144 valence electrons. The Morgan fingerprint density at radius 3 is 2.20 bits per heavy atom. The number of amides is 4. The smallest absolute Gasteiger partial charge is 0.320 e. The highest BCUT2D eigenvalue weighted by Crippen LogP contribution is 2.20. The van der Waals surface area contributed by atoms with Crippen LogP contribution >= 0.6 is 0 Å². The van der Waals surface area contributed by atoms with Gasteiger partial charge in [0.25, 0.3) is 0 Å². The van der Waals surface area contributed by atoms with E-state index in [0.717, 1.165) is 12.8 Å². The Hall–Kier alpha value is -1.79. The van der Waals surface area contributed by atoms with Gasteiger partial charge in [0.05, 0.1) is 12.5 Å². The molecule has 1 aliphatic heterocycles. The van der Waals surface area contributed by atoms with E-state index in [1.807, 2.05) is 34.6 Å². The third-order valence-electron chi connectivity index (χ3n) is 4.55. The second-order valence-electron chi connectivity index (χ2n) is 6.81. The first-order valence-corrected chi connectivity index (χ1v) is 9.45. The number of likely N-dealkylation sites (N-methyl/N-ethyl adjacent to an activating group) is 1. The third kappa shape index (κ3) is 6.21. The van der Waals surface area contributed by atoms with Crippen molar-refractivity contribution in [1.82, 2.24) is 20.0 Å². The molecule has 1 heterocycles. The molecule has 1 aliphatic rings. The highest BCUT2D eigenvalue weighted by molar-refractivity contribution is 5.86. The van der Waals surface area contributed by atoms with Gasteiger partial charge in [-0.2, -0.15) is 0 Å². The van der Waals surface area contributed by atoms with Gasteiger partial charge in [-0.25, -0.2) is 4.79 Å². The van der Waals surface area contributed by atoms with E-state index in [0.29, 0.717) is 32.7 Å². The average Bonchev–Trinajstić information content (AvgIpc) is 2.59.